The van der Waals surface area contributed by atoms with Gasteiger partial charge in [0, 0.05) is 55.3 Å². The molecule has 2 aliphatic rings. The van der Waals surface area contributed by atoms with Gasteiger partial charge in [0.05, 0.1) is 27.9 Å². The molecular formula is C138H92N2O2. The highest BCUT2D eigenvalue weighted by atomic mass is 16.3. The molecule has 0 atom stereocenters. The lowest BCUT2D eigenvalue weighted by atomic mass is 9.67. The van der Waals surface area contributed by atoms with Gasteiger partial charge in [0.1, 0.15) is 22.3 Å². The van der Waals surface area contributed by atoms with Crippen molar-refractivity contribution in [2.75, 3.05) is 9.80 Å². The van der Waals surface area contributed by atoms with Crippen molar-refractivity contribution in [3.63, 3.8) is 0 Å². The van der Waals surface area contributed by atoms with E-state index in [9.17, 15) is 0 Å². The van der Waals surface area contributed by atoms with Crippen molar-refractivity contribution >= 4 is 88.8 Å². The highest BCUT2D eigenvalue weighted by molar-refractivity contribution is 6.10. The van der Waals surface area contributed by atoms with Gasteiger partial charge in [-0.1, -0.05) is 467 Å². The fourth-order valence-electron chi connectivity index (χ4n) is 23.0. The topological polar surface area (TPSA) is 32.8 Å². The number of nitrogens with zero attached hydrogens (tertiary/aromatic N) is 2. The number of rotatable bonds is 18. The first-order chi connectivity index (χ1) is 70.4. The Bertz CT molecular complexity index is 8990. The largest absolute Gasteiger partial charge is 0.456 e. The molecule has 2 aromatic heterocycles. The summed E-state index contributed by atoms with van der Waals surface area (Å²) < 4.78 is 12.5. The van der Waals surface area contributed by atoms with Crippen LogP contribution in [0.25, 0.3) is 166 Å². The fourth-order valence-corrected chi connectivity index (χ4v) is 23.0. The van der Waals surface area contributed by atoms with E-state index in [4.69, 9.17) is 8.83 Å². The first-order valence-electron chi connectivity index (χ1n) is 48.9. The maximum Gasteiger partial charge on any atom is 0.135 e. The van der Waals surface area contributed by atoms with Crippen LogP contribution in [0.4, 0.5) is 34.1 Å². The highest BCUT2D eigenvalue weighted by Gasteiger charge is 2.49. The lowest BCUT2D eigenvalue weighted by molar-refractivity contribution is 0.668. The molecule has 0 amide bonds. The summed E-state index contributed by atoms with van der Waals surface area (Å²) in [6, 6.07) is 204. The molecule has 0 spiro atoms. The quantitative estimate of drug-likeness (QED) is 0.0857. The van der Waals surface area contributed by atoms with Crippen molar-refractivity contribution in [1.82, 2.24) is 0 Å². The fraction of sp³-hybridized carbons (Fsp3) is 0.0145. The van der Waals surface area contributed by atoms with Crippen LogP contribution in [0.1, 0.15) is 44.5 Å². The van der Waals surface area contributed by atoms with Crippen molar-refractivity contribution in [2.45, 2.75) is 10.8 Å². The molecule has 0 bridgehead atoms. The molecule has 4 nitrogen and oxygen atoms in total. The molecule has 666 valence electrons. The molecule has 25 aromatic rings. The Hall–Kier alpha value is -18.5. The number of benzene rings is 23. The Morgan fingerprint density at radius 3 is 0.915 bits per heavy atom. The third kappa shape index (κ3) is 14.3. The van der Waals surface area contributed by atoms with E-state index in [1.54, 1.807) is 0 Å². The molecule has 0 aliphatic heterocycles. The Morgan fingerprint density at radius 1 is 0.148 bits per heavy atom. The van der Waals surface area contributed by atoms with Crippen LogP contribution >= 0.6 is 0 Å². The Morgan fingerprint density at radius 2 is 0.437 bits per heavy atom. The molecule has 142 heavy (non-hydrogen) atoms. The first kappa shape index (κ1) is 84.1. The van der Waals surface area contributed by atoms with Crippen LogP contribution in [0.3, 0.4) is 0 Å². The Labute approximate surface area is 826 Å². The Kier molecular flexibility index (Phi) is 21.1. The number of fused-ring (bicyclic) bond motifs is 13. The molecule has 4 heteroatoms. The second-order valence-corrected chi connectivity index (χ2v) is 37.0. The van der Waals surface area contributed by atoms with E-state index >= 15 is 0 Å². The summed E-state index contributed by atoms with van der Waals surface area (Å²) in [6.07, 6.45) is 0. The van der Waals surface area contributed by atoms with E-state index in [2.05, 4.69) is 544 Å². The average molecular weight is 1810 g/mol. The van der Waals surface area contributed by atoms with E-state index in [-0.39, 0.29) is 0 Å². The molecule has 0 fully saturated rings. The zero-order valence-corrected chi connectivity index (χ0v) is 77.8. The van der Waals surface area contributed by atoms with E-state index in [0.717, 1.165) is 128 Å². The van der Waals surface area contributed by atoms with Crippen molar-refractivity contribution in [2.24, 2.45) is 0 Å². The molecule has 2 aliphatic carbocycles. The smallest absolute Gasteiger partial charge is 0.135 e. The zero-order chi connectivity index (χ0) is 94.0. The van der Waals surface area contributed by atoms with Crippen molar-refractivity contribution in [1.29, 1.82) is 0 Å². The zero-order valence-electron chi connectivity index (χ0n) is 77.8. The molecule has 0 saturated heterocycles. The standard InChI is InChI=1S/C71H47NO.C67H45NO/c1-3-21-54(22-4-1)71(55-23-5-2-6-24-55)65-32-12-9-29-63(65)70-62(31-17-33-66(70)71)60-27-10-13-34-67(60)72(57-25-15-20-52(46-57)53-42-45-69-64(47-53)61-28-11-14-35-68(61)73-69)56-43-40-49(41-44-56)48-36-38-51(39-37-48)59-30-16-19-50-18-7-8-26-58(50)59;1-4-20-46(21-5-1)47-38-40-48(41-39-47)54-28-11-15-35-62(54)68(53-27-18-22-49(44-53)50-42-43-65-59(45-50)56-30-13-17-37-64(56)69-65)63-36-16-12-29-55(63)57-32-19-34-61-66(57)58-31-10-14-33-60(58)67(61,51-23-6-2-7-24-51)52-25-8-3-9-26-52/h1-47H;1-45H. The van der Waals surface area contributed by atoms with Crippen LogP contribution in [0.15, 0.2) is 567 Å². The maximum atomic E-state index is 6.27. The third-order valence-corrected chi connectivity index (χ3v) is 29.4. The van der Waals surface area contributed by atoms with Gasteiger partial charge in [0.15, 0.2) is 0 Å². The van der Waals surface area contributed by atoms with Gasteiger partial charge in [-0.25, -0.2) is 0 Å². The lowest BCUT2D eigenvalue weighted by Gasteiger charge is -2.34. The van der Waals surface area contributed by atoms with Crippen LogP contribution < -0.4 is 9.80 Å². The van der Waals surface area contributed by atoms with Gasteiger partial charge < -0.3 is 18.6 Å². The first-order valence-corrected chi connectivity index (χ1v) is 48.9. The normalized spacial score (nSPS) is 12.5. The van der Waals surface area contributed by atoms with Crippen LogP contribution in [0.2, 0.25) is 0 Å². The minimum absolute atomic E-state index is 0.516. The van der Waals surface area contributed by atoms with Crippen molar-refractivity contribution < 1.29 is 8.83 Å². The van der Waals surface area contributed by atoms with Gasteiger partial charge >= 0.3 is 0 Å². The monoisotopic (exact) mass is 1810 g/mol. The summed E-state index contributed by atoms with van der Waals surface area (Å²) in [4.78, 5) is 4.92. The summed E-state index contributed by atoms with van der Waals surface area (Å²) >= 11 is 0. The van der Waals surface area contributed by atoms with Crippen LogP contribution in [-0.2, 0) is 10.8 Å². The van der Waals surface area contributed by atoms with Gasteiger partial charge in [-0.2, -0.15) is 0 Å². The van der Waals surface area contributed by atoms with Crippen LogP contribution in [0.5, 0.6) is 0 Å². The SMILES string of the molecule is c1ccc(-c2ccc(-c3ccccc3N(c3cccc(-c4ccc5oc6ccccc6c5c4)c3)c3ccccc3-c3cccc4c3-c3ccccc3C4(c3ccccc3)c3ccccc3)cc2)cc1.c1ccc(C2(c3ccccc3)c3ccccc3-c3c(-c4ccccc4N(c4ccc(-c5ccc(-c6cccc7ccccc67)cc5)cc4)c4cccc(-c5ccc6oc7ccccc7c6c5)c4)cccc32)cc1. The summed E-state index contributed by atoms with van der Waals surface area (Å²) in [5, 5.41) is 6.97. The second-order valence-electron chi connectivity index (χ2n) is 37.0. The molecular weight excluding hydrogens is 1720 g/mol. The number of para-hydroxylation sites is 5. The molecule has 0 radical (unpaired) electrons. The Balaban J connectivity index is 0.000000146. The highest BCUT2D eigenvalue weighted by Crippen LogP contribution is 2.62. The van der Waals surface area contributed by atoms with Crippen LogP contribution in [-0.4, -0.2) is 0 Å². The average Bonchev–Trinajstić information content (AvgIpc) is 1.53. The van der Waals surface area contributed by atoms with Crippen molar-refractivity contribution in [3.8, 4) is 111 Å². The van der Waals surface area contributed by atoms with Gasteiger partial charge in [0.25, 0.3) is 0 Å². The number of furan rings is 2. The molecule has 2 heterocycles. The maximum absolute atomic E-state index is 6.27. The minimum atomic E-state index is -0.520. The second kappa shape index (κ2) is 35.6. The van der Waals surface area contributed by atoms with E-state index in [1.807, 2.05) is 24.3 Å². The predicted molar refractivity (Wildman–Crippen MR) is 592 cm³/mol. The molecule has 27 rings (SSSR count). The van der Waals surface area contributed by atoms with Gasteiger partial charge in [-0.05, 0) is 241 Å². The molecule has 0 saturated carbocycles. The molecule has 23 aromatic carbocycles. The summed E-state index contributed by atoms with van der Waals surface area (Å²) in [6.45, 7) is 0. The lowest BCUT2D eigenvalue weighted by Crippen LogP contribution is -2.28. The minimum Gasteiger partial charge on any atom is -0.456 e. The van der Waals surface area contributed by atoms with Crippen LogP contribution in [0, 0.1) is 0 Å². The van der Waals surface area contributed by atoms with Gasteiger partial charge in [-0.3, -0.25) is 0 Å². The van der Waals surface area contributed by atoms with E-state index < -0.39 is 10.8 Å². The molecule has 0 N–H and O–H groups in total. The number of hydrogen-bond donors (Lipinski definition) is 0. The summed E-state index contributed by atoms with van der Waals surface area (Å²) in [5.74, 6) is 0. The van der Waals surface area contributed by atoms with E-state index in [1.165, 1.54) is 116 Å². The summed E-state index contributed by atoms with van der Waals surface area (Å²) in [5.41, 5.74) is 42.8. The van der Waals surface area contributed by atoms with Crippen molar-refractivity contribution in [3.05, 3.63) is 603 Å². The predicted octanol–water partition coefficient (Wildman–Crippen LogP) is 37.3. The summed E-state index contributed by atoms with van der Waals surface area (Å²) in [7, 11) is 0. The molecule has 0 unspecified atom stereocenters. The van der Waals surface area contributed by atoms with Gasteiger partial charge in [0.2, 0.25) is 0 Å². The van der Waals surface area contributed by atoms with Gasteiger partial charge in [-0.15, -0.1) is 0 Å². The number of hydrogen-bond acceptors (Lipinski definition) is 4. The third-order valence-electron chi connectivity index (χ3n) is 29.4. The number of anilines is 6. The van der Waals surface area contributed by atoms with E-state index in [0.29, 0.717) is 0 Å².